The van der Waals surface area contributed by atoms with E-state index in [1.165, 1.54) is 36.2 Å². The van der Waals surface area contributed by atoms with Gasteiger partial charge in [-0.25, -0.2) is 9.79 Å². The molecular formula is C25H21N3O6S. The van der Waals surface area contributed by atoms with E-state index in [9.17, 15) is 14.7 Å². The van der Waals surface area contributed by atoms with Crippen molar-refractivity contribution in [2.75, 3.05) is 20.8 Å². The maximum atomic E-state index is 13.6. The number of aromatic hydroxyl groups is 1. The fourth-order valence-corrected chi connectivity index (χ4v) is 4.89. The summed E-state index contributed by atoms with van der Waals surface area (Å²) in [5, 5.41) is 18.9. The number of methoxy groups -OCH3 is 2. The van der Waals surface area contributed by atoms with Crippen molar-refractivity contribution in [2.45, 2.75) is 13.0 Å². The van der Waals surface area contributed by atoms with Crippen molar-refractivity contribution in [3.05, 3.63) is 84.5 Å². The van der Waals surface area contributed by atoms with Crippen molar-refractivity contribution in [3.8, 4) is 23.3 Å². The number of allylic oxidation sites excluding steroid dienone is 1. The molecule has 0 aliphatic carbocycles. The molecule has 1 N–H and O–H groups in total. The lowest BCUT2D eigenvalue weighted by atomic mass is 9.95. The lowest BCUT2D eigenvalue weighted by Crippen LogP contribution is -2.39. The van der Waals surface area contributed by atoms with Crippen LogP contribution in [0.25, 0.3) is 6.08 Å². The van der Waals surface area contributed by atoms with E-state index < -0.39 is 12.0 Å². The highest BCUT2D eigenvalue weighted by atomic mass is 32.1. The normalized spacial score (nSPS) is 15.1. The van der Waals surface area contributed by atoms with Crippen LogP contribution >= 0.6 is 11.3 Å². The number of hydrogen-bond acceptors (Lipinski definition) is 9. The average molecular weight is 492 g/mol. The topological polar surface area (TPSA) is 123 Å². The van der Waals surface area contributed by atoms with Crippen LogP contribution in [0.5, 0.6) is 17.2 Å². The molecule has 0 radical (unpaired) electrons. The number of ether oxygens (including phenoxy) is 3. The van der Waals surface area contributed by atoms with Crippen molar-refractivity contribution >= 4 is 23.4 Å². The number of esters is 1. The van der Waals surface area contributed by atoms with E-state index in [4.69, 9.17) is 19.5 Å². The molecule has 3 aromatic rings. The predicted molar refractivity (Wildman–Crippen MR) is 128 cm³/mol. The number of aromatic nitrogens is 1. The predicted octanol–water partition coefficient (Wildman–Crippen LogP) is 2.02. The van der Waals surface area contributed by atoms with E-state index in [2.05, 4.69) is 4.99 Å². The minimum Gasteiger partial charge on any atom is -0.504 e. The second-order valence-corrected chi connectivity index (χ2v) is 8.50. The summed E-state index contributed by atoms with van der Waals surface area (Å²) in [5.74, 6) is -0.0241. The molecule has 1 aromatic heterocycles. The quantitative estimate of drug-likeness (QED) is 0.524. The van der Waals surface area contributed by atoms with Crippen LogP contribution in [0.4, 0.5) is 0 Å². The third kappa shape index (κ3) is 4.41. The number of nitrogens with zero attached hydrogens (tertiary/aromatic N) is 3. The van der Waals surface area contributed by atoms with Crippen molar-refractivity contribution in [1.29, 1.82) is 5.26 Å². The maximum Gasteiger partial charge on any atom is 0.338 e. The van der Waals surface area contributed by atoms with Gasteiger partial charge in [-0.15, -0.1) is 0 Å². The SMILES string of the molecule is COC(=O)C1=C(C)N=c2s/c(=C/c3ccccc3OCC#N)c(=O)n2C1c1ccc(O)c(OC)c1. The highest BCUT2D eigenvalue weighted by molar-refractivity contribution is 7.07. The zero-order valence-electron chi connectivity index (χ0n) is 19.1. The van der Waals surface area contributed by atoms with Crippen LogP contribution in [0.15, 0.2) is 63.5 Å². The van der Waals surface area contributed by atoms with Gasteiger partial charge in [-0.2, -0.15) is 5.26 Å². The summed E-state index contributed by atoms with van der Waals surface area (Å²) in [6.07, 6.45) is 1.67. The number of benzene rings is 2. The van der Waals surface area contributed by atoms with Crippen molar-refractivity contribution < 1.29 is 24.1 Å². The third-order valence-corrected chi connectivity index (χ3v) is 6.43. The number of rotatable bonds is 6. The molecule has 1 aliphatic heterocycles. The summed E-state index contributed by atoms with van der Waals surface area (Å²) in [4.78, 5) is 31.3. The molecule has 9 nitrogen and oxygen atoms in total. The molecule has 35 heavy (non-hydrogen) atoms. The van der Waals surface area contributed by atoms with E-state index >= 15 is 0 Å². The first-order valence-electron chi connectivity index (χ1n) is 10.5. The number of hydrogen-bond donors (Lipinski definition) is 1. The van der Waals surface area contributed by atoms with Crippen LogP contribution in [-0.4, -0.2) is 36.5 Å². The van der Waals surface area contributed by atoms with Crippen molar-refractivity contribution in [1.82, 2.24) is 4.57 Å². The molecule has 2 heterocycles. The molecule has 4 rings (SSSR count). The Morgan fingerprint density at radius 1 is 1.26 bits per heavy atom. The van der Waals surface area contributed by atoms with Gasteiger partial charge in [0.1, 0.15) is 11.8 Å². The van der Waals surface area contributed by atoms with Gasteiger partial charge >= 0.3 is 5.97 Å². The molecule has 0 spiro atoms. The molecule has 1 aliphatic rings. The van der Waals surface area contributed by atoms with E-state index in [1.54, 1.807) is 49.4 Å². The molecular weight excluding hydrogens is 470 g/mol. The number of carbonyl (C=O) groups is 1. The summed E-state index contributed by atoms with van der Waals surface area (Å²) in [6.45, 7) is 1.55. The molecule has 0 amide bonds. The number of phenols is 1. The first-order valence-corrected chi connectivity index (χ1v) is 11.3. The molecule has 178 valence electrons. The summed E-state index contributed by atoms with van der Waals surface area (Å²) in [5.41, 5.74) is 1.42. The van der Waals surface area contributed by atoms with Crippen LogP contribution in [0, 0.1) is 11.3 Å². The van der Waals surface area contributed by atoms with E-state index in [1.807, 2.05) is 6.07 Å². The monoisotopic (exact) mass is 491 g/mol. The number of para-hydroxylation sites is 1. The second kappa shape index (κ2) is 9.87. The molecule has 0 saturated heterocycles. The highest BCUT2D eigenvalue weighted by Crippen LogP contribution is 2.35. The molecule has 0 fully saturated rings. The van der Waals surface area contributed by atoms with Gasteiger partial charge in [-0.3, -0.25) is 9.36 Å². The Labute approximate surface area is 204 Å². The summed E-state index contributed by atoms with van der Waals surface area (Å²) in [7, 11) is 2.68. The summed E-state index contributed by atoms with van der Waals surface area (Å²) in [6, 6.07) is 12.8. The van der Waals surface area contributed by atoms with Crippen LogP contribution in [0.2, 0.25) is 0 Å². The molecule has 10 heteroatoms. The van der Waals surface area contributed by atoms with Gasteiger partial charge in [0, 0.05) is 5.56 Å². The Kier molecular flexibility index (Phi) is 6.71. The minimum atomic E-state index is -0.847. The molecule has 1 atom stereocenters. The standard InChI is InChI=1S/C25H21N3O6S/c1-14-21(24(31)33-3)22(16-8-9-17(29)19(12-16)32-2)28-23(30)20(35-25(28)27-14)13-15-6-4-5-7-18(15)34-11-10-26/h4-9,12-13,22,29H,11H2,1-3H3/b20-13+. The van der Waals surface area contributed by atoms with Gasteiger partial charge in [0.25, 0.3) is 5.56 Å². The Hall–Kier alpha value is -4.36. The number of fused-ring (bicyclic) bond motifs is 1. The number of carbonyl (C=O) groups excluding carboxylic acids is 1. The zero-order valence-corrected chi connectivity index (χ0v) is 20.0. The summed E-state index contributed by atoms with van der Waals surface area (Å²) < 4.78 is 17.5. The lowest BCUT2D eigenvalue weighted by molar-refractivity contribution is -0.136. The first kappa shape index (κ1) is 23.8. The zero-order chi connectivity index (χ0) is 25.1. The highest BCUT2D eigenvalue weighted by Gasteiger charge is 2.33. The molecule has 0 saturated carbocycles. The summed E-state index contributed by atoms with van der Waals surface area (Å²) >= 11 is 1.17. The Bertz CT molecular complexity index is 1560. The second-order valence-electron chi connectivity index (χ2n) is 7.49. The van der Waals surface area contributed by atoms with Crippen LogP contribution in [0.1, 0.15) is 24.1 Å². The van der Waals surface area contributed by atoms with E-state index in [0.29, 0.717) is 31.9 Å². The number of thiazole rings is 1. The first-order chi connectivity index (χ1) is 16.9. The Balaban J connectivity index is 1.96. The largest absolute Gasteiger partial charge is 0.504 e. The van der Waals surface area contributed by atoms with Crippen molar-refractivity contribution in [2.24, 2.45) is 4.99 Å². The van der Waals surface area contributed by atoms with Gasteiger partial charge in [0.05, 0.1) is 36.1 Å². The average Bonchev–Trinajstić information content (AvgIpc) is 3.16. The van der Waals surface area contributed by atoms with E-state index in [-0.39, 0.29) is 29.2 Å². The smallest absolute Gasteiger partial charge is 0.338 e. The molecule has 0 bridgehead atoms. The Morgan fingerprint density at radius 2 is 2.03 bits per heavy atom. The van der Waals surface area contributed by atoms with Crippen molar-refractivity contribution in [3.63, 3.8) is 0 Å². The third-order valence-electron chi connectivity index (χ3n) is 5.44. The van der Waals surface area contributed by atoms with Crippen LogP contribution in [-0.2, 0) is 9.53 Å². The van der Waals surface area contributed by atoms with Gasteiger partial charge in [-0.1, -0.05) is 35.6 Å². The fraction of sp³-hybridized carbons (Fsp3) is 0.200. The lowest BCUT2D eigenvalue weighted by Gasteiger charge is -2.24. The van der Waals surface area contributed by atoms with Gasteiger partial charge in [0.15, 0.2) is 22.9 Å². The minimum absolute atomic E-state index is 0.0713. The van der Waals surface area contributed by atoms with Crippen LogP contribution < -0.4 is 24.4 Å². The van der Waals surface area contributed by atoms with E-state index in [0.717, 1.165) is 0 Å². The fourth-order valence-electron chi connectivity index (χ4n) is 3.85. The maximum absolute atomic E-state index is 13.6. The van der Waals surface area contributed by atoms with Crippen LogP contribution in [0.3, 0.4) is 0 Å². The van der Waals surface area contributed by atoms with Gasteiger partial charge in [0.2, 0.25) is 0 Å². The Morgan fingerprint density at radius 3 is 2.74 bits per heavy atom. The molecule has 2 aromatic carbocycles. The number of nitriles is 1. The van der Waals surface area contributed by atoms with Gasteiger partial charge < -0.3 is 19.3 Å². The van der Waals surface area contributed by atoms with Gasteiger partial charge in [-0.05, 0) is 36.8 Å². The number of phenolic OH excluding ortho intramolecular Hbond substituents is 1. The molecule has 1 unspecified atom stereocenters.